The van der Waals surface area contributed by atoms with Crippen LogP contribution in [-0.4, -0.2) is 30.4 Å². The molecule has 1 aromatic rings. The van der Waals surface area contributed by atoms with Crippen molar-refractivity contribution in [2.75, 3.05) is 18.9 Å². The summed E-state index contributed by atoms with van der Waals surface area (Å²) in [7, 11) is 1.81. The first-order valence-electron chi connectivity index (χ1n) is 6.22. The van der Waals surface area contributed by atoms with Crippen molar-refractivity contribution in [1.82, 2.24) is 4.90 Å². The number of nitriles is 1. The molecule has 0 unspecified atom stereocenters. The summed E-state index contributed by atoms with van der Waals surface area (Å²) in [5.74, 6) is 0.0256. The number of benzene rings is 1. The minimum atomic E-state index is 0.0256. The van der Waals surface area contributed by atoms with E-state index >= 15 is 0 Å². The van der Waals surface area contributed by atoms with Crippen molar-refractivity contribution >= 4 is 11.6 Å². The second-order valence-corrected chi connectivity index (χ2v) is 4.43. The van der Waals surface area contributed by atoms with Crippen LogP contribution < -0.4 is 5.32 Å². The van der Waals surface area contributed by atoms with E-state index in [1.165, 1.54) is 0 Å². The Morgan fingerprint density at radius 2 is 2.22 bits per heavy atom. The summed E-state index contributed by atoms with van der Waals surface area (Å²) < 4.78 is 0. The van der Waals surface area contributed by atoms with Gasteiger partial charge in [0.25, 0.3) is 5.91 Å². The van der Waals surface area contributed by atoms with Gasteiger partial charge in [0.1, 0.15) is 0 Å². The Morgan fingerprint density at radius 3 is 2.83 bits per heavy atom. The number of para-hydroxylation sites is 1. The Morgan fingerprint density at radius 1 is 1.50 bits per heavy atom. The summed E-state index contributed by atoms with van der Waals surface area (Å²) in [6.07, 6.45) is 2.50. The van der Waals surface area contributed by atoms with E-state index < -0.39 is 0 Å². The number of hydrogen-bond donors (Lipinski definition) is 1. The molecule has 0 saturated heterocycles. The lowest BCUT2D eigenvalue weighted by Gasteiger charge is -2.22. The lowest BCUT2D eigenvalue weighted by Crippen LogP contribution is -2.34. The van der Waals surface area contributed by atoms with Gasteiger partial charge in [-0.1, -0.05) is 12.1 Å². The Labute approximate surface area is 107 Å². The van der Waals surface area contributed by atoms with Crippen molar-refractivity contribution in [2.45, 2.75) is 25.3 Å². The first-order chi connectivity index (χ1) is 8.77. The molecule has 1 aromatic carbocycles. The molecule has 0 spiro atoms. The summed E-state index contributed by atoms with van der Waals surface area (Å²) in [5, 5.41) is 11.7. The van der Waals surface area contributed by atoms with Crippen LogP contribution in [-0.2, 0) is 0 Å². The number of rotatable bonds is 5. The van der Waals surface area contributed by atoms with Crippen molar-refractivity contribution < 1.29 is 4.79 Å². The molecule has 1 amide bonds. The molecule has 1 aliphatic rings. The van der Waals surface area contributed by atoms with Gasteiger partial charge in [-0.25, -0.2) is 0 Å². The van der Waals surface area contributed by atoms with Gasteiger partial charge < -0.3 is 10.2 Å². The molecule has 0 heterocycles. The van der Waals surface area contributed by atoms with Crippen LogP contribution in [0.3, 0.4) is 0 Å². The molecule has 4 nitrogen and oxygen atoms in total. The summed E-state index contributed by atoms with van der Waals surface area (Å²) in [6, 6.07) is 9.92. The number of nitrogens with one attached hydrogen (secondary N) is 1. The molecule has 4 heteroatoms. The number of amides is 1. The minimum Gasteiger partial charge on any atom is -0.387 e. The van der Waals surface area contributed by atoms with Crippen LogP contribution in [0.25, 0.3) is 0 Å². The molecule has 2 rings (SSSR count). The summed E-state index contributed by atoms with van der Waals surface area (Å²) in [6.45, 7) is 0.526. The van der Waals surface area contributed by atoms with E-state index in [1.807, 2.05) is 36.2 Å². The molecule has 1 N–H and O–H groups in total. The smallest absolute Gasteiger partial charge is 0.256 e. The fraction of sp³-hybridized carbons (Fsp3) is 0.429. The maximum absolute atomic E-state index is 12.5. The van der Waals surface area contributed by atoms with Crippen molar-refractivity contribution in [3.8, 4) is 6.07 Å². The monoisotopic (exact) mass is 243 g/mol. The second-order valence-electron chi connectivity index (χ2n) is 4.43. The average Bonchev–Trinajstić information content (AvgIpc) is 3.23. The zero-order valence-corrected chi connectivity index (χ0v) is 10.5. The van der Waals surface area contributed by atoms with Gasteiger partial charge in [0.2, 0.25) is 0 Å². The van der Waals surface area contributed by atoms with E-state index in [0.29, 0.717) is 24.6 Å². The Bertz CT molecular complexity index is 474. The molecule has 0 aliphatic heterocycles. The van der Waals surface area contributed by atoms with Crippen LogP contribution >= 0.6 is 0 Å². The molecule has 0 bridgehead atoms. The maximum atomic E-state index is 12.5. The Kier molecular flexibility index (Phi) is 3.83. The second kappa shape index (κ2) is 5.54. The highest BCUT2D eigenvalue weighted by atomic mass is 16.2. The fourth-order valence-electron chi connectivity index (χ4n) is 2.05. The molecule has 1 aliphatic carbocycles. The summed E-state index contributed by atoms with van der Waals surface area (Å²) in [4.78, 5) is 14.3. The van der Waals surface area contributed by atoms with Gasteiger partial charge >= 0.3 is 0 Å². The van der Waals surface area contributed by atoms with E-state index in [2.05, 4.69) is 11.4 Å². The minimum absolute atomic E-state index is 0.0256. The number of nitrogens with zero attached hydrogens (tertiary/aromatic N) is 2. The molecule has 0 atom stereocenters. The van der Waals surface area contributed by atoms with E-state index in [-0.39, 0.29) is 5.91 Å². The normalized spacial score (nSPS) is 13.8. The number of anilines is 1. The van der Waals surface area contributed by atoms with Crippen LogP contribution in [0.2, 0.25) is 0 Å². The molecule has 1 fully saturated rings. The van der Waals surface area contributed by atoms with Crippen molar-refractivity contribution in [1.29, 1.82) is 5.26 Å². The molecule has 18 heavy (non-hydrogen) atoms. The highest BCUT2D eigenvalue weighted by Crippen LogP contribution is 2.29. The molecule has 1 saturated carbocycles. The third-order valence-electron chi connectivity index (χ3n) is 3.14. The number of carbonyl (C=O) groups is 1. The molecule has 0 radical (unpaired) electrons. The van der Waals surface area contributed by atoms with Crippen LogP contribution in [0, 0.1) is 11.3 Å². The lowest BCUT2D eigenvalue weighted by molar-refractivity contribution is 0.0748. The standard InChI is InChI=1S/C14H17N3O/c1-16-13-6-3-2-5-12(13)14(18)17(10-4-9-15)11-7-8-11/h2-3,5-6,11,16H,4,7-8,10H2,1H3. The van der Waals surface area contributed by atoms with Crippen LogP contribution in [0.5, 0.6) is 0 Å². The van der Waals surface area contributed by atoms with Gasteiger partial charge in [-0.05, 0) is 25.0 Å². The van der Waals surface area contributed by atoms with Crippen molar-refractivity contribution in [3.63, 3.8) is 0 Å². The van der Waals surface area contributed by atoms with Gasteiger partial charge in [0, 0.05) is 25.3 Å². The van der Waals surface area contributed by atoms with E-state index in [0.717, 1.165) is 18.5 Å². The van der Waals surface area contributed by atoms with Crippen LogP contribution in [0.4, 0.5) is 5.69 Å². The highest BCUT2D eigenvalue weighted by molar-refractivity contribution is 5.99. The number of carbonyl (C=O) groups excluding carboxylic acids is 1. The largest absolute Gasteiger partial charge is 0.387 e. The van der Waals surface area contributed by atoms with E-state index in [9.17, 15) is 4.79 Å². The zero-order chi connectivity index (χ0) is 13.0. The van der Waals surface area contributed by atoms with Gasteiger partial charge in [0.05, 0.1) is 18.1 Å². The zero-order valence-electron chi connectivity index (χ0n) is 10.5. The third-order valence-corrected chi connectivity index (χ3v) is 3.14. The average molecular weight is 243 g/mol. The fourth-order valence-corrected chi connectivity index (χ4v) is 2.05. The van der Waals surface area contributed by atoms with Crippen molar-refractivity contribution in [2.24, 2.45) is 0 Å². The van der Waals surface area contributed by atoms with E-state index in [4.69, 9.17) is 5.26 Å². The SMILES string of the molecule is CNc1ccccc1C(=O)N(CCC#N)C1CC1. The number of hydrogen-bond acceptors (Lipinski definition) is 3. The van der Waals surface area contributed by atoms with Gasteiger partial charge in [0.15, 0.2) is 0 Å². The first-order valence-corrected chi connectivity index (χ1v) is 6.22. The van der Waals surface area contributed by atoms with Gasteiger partial charge in [-0.3, -0.25) is 4.79 Å². The molecular weight excluding hydrogens is 226 g/mol. The summed E-state index contributed by atoms with van der Waals surface area (Å²) >= 11 is 0. The molecule has 0 aromatic heterocycles. The Balaban J connectivity index is 2.19. The lowest BCUT2D eigenvalue weighted by atomic mass is 10.1. The van der Waals surface area contributed by atoms with E-state index in [1.54, 1.807) is 0 Å². The van der Waals surface area contributed by atoms with Gasteiger partial charge in [-0.2, -0.15) is 5.26 Å². The highest BCUT2D eigenvalue weighted by Gasteiger charge is 2.33. The van der Waals surface area contributed by atoms with Gasteiger partial charge in [-0.15, -0.1) is 0 Å². The van der Waals surface area contributed by atoms with Crippen molar-refractivity contribution in [3.05, 3.63) is 29.8 Å². The molecular formula is C14H17N3O. The summed E-state index contributed by atoms with van der Waals surface area (Å²) in [5.41, 5.74) is 1.52. The topological polar surface area (TPSA) is 56.1 Å². The molecule has 94 valence electrons. The predicted octanol–water partition coefficient (Wildman–Crippen LogP) is 2.25. The quantitative estimate of drug-likeness (QED) is 0.863. The van der Waals surface area contributed by atoms with Crippen LogP contribution in [0.15, 0.2) is 24.3 Å². The first kappa shape index (κ1) is 12.4. The maximum Gasteiger partial charge on any atom is 0.256 e. The third kappa shape index (κ3) is 2.62. The van der Waals surface area contributed by atoms with Crippen LogP contribution in [0.1, 0.15) is 29.6 Å². The predicted molar refractivity (Wildman–Crippen MR) is 70.3 cm³/mol. The Hall–Kier alpha value is -2.02.